The molecule has 0 bridgehead atoms. The van der Waals surface area contributed by atoms with E-state index in [1.165, 1.54) is 32.1 Å². The maximum atomic E-state index is 5.40. The van der Waals surface area contributed by atoms with Gasteiger partial charge in [-0.2, -0.15) is 16.7 Å². The van der Waals surface area contributed by atoms with Crippen molar-refractivity contribution in [3.8, 4) is 0 Å². The highest BCUT2D eigenvalue weighted by Gasteiger charge is 2.15. The second-order valence-corrected chi connectivity index (χ2v) is 5.17. The molecule has 5 heteroatoms. The first-order chi connectivity index (χ1) is 7.38. The van der Waals surface area contributed by atoms with Crippen LogP contribution >= 0.6 is 11.8 Å². The van der Waals surface area contributed by atoms with E-state index in [-0.39, 0.29) is 0 Å². The fourth-order valence-electron chi connectivity index (χ4n) is 1.86. The second-order valence-electron chi connectivity index (χ2n) is 3.88. The van der Waals surface area contributed by atoms with Crippen LogP contribution in [0.2, 0.25) is 0 Å². The zero-order valence-electron chi connectivity index (χ0n) is 8.82. The number of aromatic nitrogens is 2. The summed E-state index contributed by atoms with van der Waals surface area (Å²) in [7, 11) is 0. The molecule has 1 saturated carbocycles. The normalized spacial score (nSPS) is 18.2. The summed E-state index contributed by atoms with van der Waals surface area (Å²) in [5.41, 5.74) is 5.40. The molecule has 0 unspecified atom stereocenters. The summed E-state index contributed by atoms with van der Waals surface area (Å²) in [4.78, 5) is 4.19. The molecule has 0 saturated heterocycles. The lowest BCUT2D eigenvalue weighted by atomic mass is 10.0. The van der Waals surface area contributed by atoms with Gasteiger partial charge in [0.05, 0.1) is 12.3 Å². The van der Waals surface area contributed by atoms with Crippen molar-refractivity contribution >= 4 is 11.8 Å². The fraction of sp³-hybridized carbons (Fsp3) is 0.800. The molecule has 1 heterocycles. The third-order valence-corrected chi connectivity index (χ3v) is 4.05. The van der Waals surface area contributed by atoms with Gasteiger partial charge >= 0.3 is 0 Å². The predicted octanol–water partition coefficient (Wildman–Crippen LogP) is 2.09. The van der Waals surface area contributed by atoms with E-state index in [9.17, 15) is 0 Å². The Kier molecular flexibility index (Phi) is 4.02. The average Bonchev–Trinajstić information content (AvgIpc) is 2.76. The van der Waals surface area contributed by atoms with Gasteiger partial charge < -0.3 is 10.3 Å². The Morgan fingerprint density at radius 2 is 2.13 bits per heavy atom. The first kappa shape index (κ1) is 11.0. The van der Waals surface area contributed by atoms with E-state index in [0.29, 0.717) is 12.4 Å². The third kappa shape index (κ3) is 3.21. The number of thioether (sulfide) groups is 1. The summed E-state index contributed by atoms with van der Waals surface area (Å²) in [6.07, 6.45) is 6.82. The molecule has 1 aliphatic rings. The molecule has 4 nitrogen and oxygen atoms in total. The molecule has 2 rings (SSSR count). The zero-order chi connectivity index (χ0) is 10.5. The largest absolute Gasteiger partial charge is 0.338 e. The molecular formula is C10H17N3OS. The van der Waals surface area contributed by atoms with Crippen LogP contribution in [0.1, 0.15) is 43.8 Å². The highest BCUT2D eigenvalue weighted by atomic mass is 32.2. The lowest BCUT2D eigenvalue weighted by Gasteiger charge is -2.19. The van der Waals surface area contributed by atoms with Crippen LogP contribution in [-0.4, -0.2) is 15.4 Å². The number of hydrogen-bond acceptors (Lipinski definition) is 5. The molecule has 15 heavy (non-hydrogen) atoms. The highest BCUT2D eigenvalue weighted by Crippen LogP contribution is 2.29. The molecule has 0 spiro atoms. The van der Waals surface area contributed by atoms with Gasteiger partial charge in [-0.3, -0.25) is 0 Å². The van der Waals surface area contributed by atoms with Crippen molar-refractivity contribution in [3.05, 3.63) is 11.7 Å². The number of nitrogens with two attached hydrogens (primary N) is 1. The van der Waals surface area contributed by atoms with Crippen molar-refractivity contribution in [2.75, 3.05) is 0 Å². The SMILES string of the molecule is NCc1nc(CSC2CCCCC2)no1. The Hall–Kier alpha value is -0.550. The molecule has 0 aliphatic heterocycles. The molecule has 0 atom stereocenters. The lowest BCUT2D eigenvalue weighted by molar-refractivity contribution is 0.376. The van der Waals surface area contributed by atoms with E-state index in [4.69, 9.17) is 10.3 Å². The maximum absolute atomic E-state index is 5.40. The second kappa shape index (κ2) is 5.51. The molecule has 84 valence electrons. The molecule has 0 radical (unpaired) electrons. The van der Waals surface area contributed by atoms with E-state index in [1.54, 1.807) is 0 Å². The Bertz CT molecular complexity index is 297. The van der Waals surface area contributed by atoms with Gasteiger partial charge in [0.2, 0.25) is 5.89 Å². The van der Waals surface area contributed by atoms with Crippen LogP contribution < -0.4 is 5.73 Å². The molecule has 2 N–H and O–H groups in total. The van der Waals surface area contributed by atoms with Crippen molar-refractivity contribution in [2.24, 2.45) is 5.73 Å². The zero-order valence-corrected chi connectivity index (χ0v) is 9.63. The molecule has 1 aromatic heterocycles. The first-order valence-electron chi connectivity index (χ1n) is 5.51. The van der Waals surface area contributed by atoms with E-state index in [2.05, 4.69) is 10.1 Å². The average molecular weight is 227 g/mol. The summed E-state index contributed by atoms with van der Waals surface area (Å²) in [5.74, 6) is 2.18. The Morgan fingerprint density at radius 3 is 2.80 bits per heavy atom. The Morgan fingerprint density at radius 1 is 1.33 bits per heavy atom. The van der Waals surface area contributed by atoms with Crippen molar-refractivity contribution in [2.45, 2.75) is 49.7 Å². The molecular weight excluding hydrogens is 210 g/mol. The van der Waals surface area contributed by atoms with Crippen LogP contribution in [0.4, 0.5) is 0 Å². The summed E-state index contributed by atoms with van der Waals surface area (Å²) in [6.45, 7) is 0.334. The number of rotatable bonds is 4. The summed E-state index contributed by atoms with van der Waals surface area (Å²) in [6, 6.07) is 0. The fourth-order valence-corrected chi connectivity index (χ4v) is 3.02. The quantitative estimate of drug-likeness (QED) is 0.853. The monoisotopic (exact) mass is 227 g/mol. The molecule has 1 fully saturated rings. The van der Waals surface area contributed by atoms with Crippen molar-refractivity contribution in [3.63, 3.8) is 0 Å². The van der Waals surface area contributed by atoms with Gasteiger partial charge in [-0.1, -0.05) is 24.4 Å². The minimum atomic E-state index is 0.334. The van der Waals surface area contributed by atoms with Gasteiger partial charge in [-0.05, 0) is 12.8 Å². The first-order valence-corrected chi connectivity index (χ1v) is 6.56. The summed E-state index contributed by atoms with van der Waals surface area (Å²) in [5, 5.41) is 4.67. The van der Waals surface area contributed by atoms with Gasteiger partial charge in [0.1, 0.15) is 0 Å². The predicted molar refractivity (Wildman–Crippen MR) is 60.4 cm³/mol. The van der Waals surface area contributed by atoms with Crippen molar-refractivity contribution in [1.82, 2.24) is 10.1 Å². The van der Waals surface area contributed by atoms with Crippen LogP contribution in [-0.2, 0) is 12.3 Å². The molecule has 0 amide bonds. The van der Waals surface area contributed by atoms with Crippen LogP contribution in [0, 0.1) is 0 Å². The molecule has 0 aromatic carbocycles. The van der Waals surface area contributed by atoms with Gasteiger partial charge in [0.25, 0.3) is 0 Å². The topological polar surface area (TPSA) is 64.9 Å². The van der Waals surface area contributed by atoms with Gasteiger partial charge in [-0.15, -0.1) is 0 Å². The van der Waals surface area contributed by atoms with Crippen molar-refractivity contribution in [1.29, 1.82) is 0 Å². The van der Waals surface area contributed by atoms with E-state index >= 15 is 0 Å². The number of nitrogens with zero attached hydrogens (tertiary/aromatic N) is 2. The standard InChI is InChI=1S/C10H17N3OS/c11-6-10-12-9(13-14-10)7-15-8-4-2-1-3-5-8/h8H,1-7,11H2. The van der Waals surface area contributed by atoms with E-state index < -0.39 is 0 Å². The minimum absolute atomic E-state index is 0.334. The molecule has 1 aromatic rings. The van der Waals surface area contributed by atoms with Crippen LogP contribution in [0.15, 0.2) is 4.52 Å². The summed E-state index contributed by atoms with van der Waals surface area (Å²) < 4.78 is 4.95. The smallest absolute Gasteiger partial charge is 0.240 e. The Balaban J connectivity index is 1.76. The number of hydrogen-bond donors (Lipinski definition) is 1. The summed E-state index contributed by atoms with van der Waals surface area (Å²) >= 11 is 1.95. The van der Waals surface area contributed by atoms with Crippen LogP contribution in [0.5, 0.6) is 0 Å². The Labute approximate surface area is 94.0 Å². The maximum Gasteiger partial charge on any atom is 0.240 e. The van der Waals surface area contributed by atoms with Crippen LogP contribution in [0.3, 0.4) is 0 Å². The third-order valence-electron chi connectivity index (χ3n) is 2.69. The molecule has 1 aliphatic carbocycles. The highest BCUT2D eigenvalue weighted by molar-refractivity contribution is 7.99. The van der Waals surface area contributed by atoms with Crippen LogP contribution in [0.25, 0.3) is 0 Å². The minimum Gasteiger partial charge on any atom is -0.338 e. The van der Waals surface area contributed by atoms with Gasteiger partial charge in [0, 0.05) is 5.25 Å². The van der Waals surface area contributed by atoms with Crippen molar-refractivity contribution < 1.29 is 4.52 Å². The van der Waals surface area contributed by atoms with Gasteiger partial charge in [-0.25, -0.2) is 0 Å². The van der Waals surface area contributed by atoms with Gasteiger partial charge in [0.15, 0.2) is 5.82 Å². The lowest BCUT2D eigenvalue weighted by Crippen LogP contribution is -2.08. The van der Waals surface area contributed by atoms with E-state index in [1.807, 2.05) is 11.8 Å². The van der Waals surface area contributed by atoms with E-state index in [0.717, 1.165) is 16.8 Å².